The van der Waals surface area contributed by atoms with Crippen LogP contribution >= 0.6 is 23.2 Å². The van der Waals surface area contributed by atoms with Gasteiger partial charge in [0.2, 0.25) is 0 Å². The molecule has 8 heteroatoms. The van der Waals surface area contributed by atoms with E-state index in [-0.39, 0.29) is 12.0 Å². The molecule has 2 atom stereocenters. The van der Waals surface area contributed by atoms with Gasteiger partial charge >= 0.3 is 6.18 Å². The van der Waals surface area contributed by atoms with Crippen molar-refractivity contribution in [3.05, 3.63) is 58.1 Å². The van der Waals surface area contributed by atoms with Crippen molar-refractivity contribution in [2.24, 2.45) is 5.92 Å². The number of nitrogens with one attached hydrogen (secondary N) is 1. The molecule has 0 aromatic heterocycles. The standard InChI is InChI=1S/C21H22Cl2F3NO2/c22-16-9-4-10-17(19(16)23)29-15-8-3-7-14(11-15)20(13-5-1-2-6-13)27-12-18(28)21(24,25)26/h3-4,7-11,13,18,20,27-28H,1-2,5-6,12H2. The second-order valence-electron chi connectivity index (χ2n) is 7.21. The van der Waals surface area contributed by atoms with Gasteiger partial charge in [0.25, 0.3) is 0 Å². The molecule has 1 fully saturated rings. The molecule has 0 aliphatic heterocycles. The summed E-state index contributed by atoms with van der Waals surface area (Å²) in [5.74, 6) is 1.10. The van der Waals surface area contributed by atoms with Crippen molar-refractivity contribution in [1.29, 1.82) is 0 Å². The average Bonchev–Trinajstić information content (AvgIpc) is 3.19. The Morgan fingerprint density at radius 3 is 2.48 bits per heavy atom. The Hall–Kier alpha value is -1.47. The van der Waals surface area contributed by atoms with E-state index in [0.29, 0.717) is 21.5 Å². The fourth-order valence-electron chi connectivity index (χ4n) is 3.66. The van der Waals surface area contributed by atoms with E-state index in [1.165, 1.54) is 0 Å². The molecule has 2 unspecified atom stereocenters. The van der Waals surface area contributed by atoms with E-state index in [4.69, 9.17) is 27.9 Å². The van der Waals surface area contributed by atoms with Gasteiger partial charge in [-0.15, -0.1) is 0 Å². The molecule has 0 heterocycles. The summed E-state index contributed by atoms with van der Waals surface area (Å²) in [6.07, 6.45) is -3.13. The Labute approximate surface area is 177 Å². The highest BCUT2D eigenvalue weighted by atomic mass is 35.5. The summed E-state index contributed by atoms with van der Waals surface area (Å²) in [5.41, 5.74) is 0.807. The lowest BCUT2D eigenvalue weighted by atomic mass is 9.91. The normalized spacial score (nSPS) is 17.3. The predicted molar refractivity (Wildman–Crippen MR) is 108 cm³/mol. The van der Waals surface area contributed by atoms with Crippen LogP contribution in [0.25, 0.3) is 0 Å². The van der Waals surface area contributed by atoms with Gasteiger partial charge in [-0.2, -0.15) is 13.2 Å². The number of aliphatic hydroxyl groups is 1. The van der Waals surface area contributed by atoms with Gasteiger partial charge in [-0.3, -0.25) is 0 Å². The van der Waals surface area contributed by atoms with Gasteiger partial charge in [-0.05, 0) is 48.6 Å². The summed E-state index contributed by atoms with van der Waals surface area (Å²) in [4.78, 5) is 0. The third-order valence-corrected chi connectivity index (χ3v) is 5.94. The van der Waals surface area contributed by atoms with Gasteiger partial charge < -0.3 is 15.2 Å². The molecule has 3 rings (SSSR count). The van der Waals surface area contributed by atoms with Crippen molar-refractivity contribution in [2.45, 2.75) is 44.0 Å². The SMILES string of the molecule is OC(CNC(c1cccc(Oc2cccc(Cl)c2Cl)c1)C1CCCC1)C(F)(F)F. The predicted octanol–water partition coefficient (Wildman–Crippen LogP) is 6.53. The summed E-state index contributed by atoms with van der Waals surface area (Å²) in [5, 5.41) is 13.0. The van der Waals surface area contributed by atoms with E-state index in [9.17, 15) is 18.3 Å². The first-order valence-electron chi connectivity index (χ1n) is 9.45. The van der Waals surface area contributed by atoms with E-state index in [2.05, 4.69) is 5.32 Å². The molecule has 0 spiro atoms. The molecule has 3 nitrogen and oxygen atoms in total. The van der Waals surface area contributed by atoms with Crippen molar-refractivity contribution < 1.29 is 23.0 Å². The second-order valence-corrected chi connectivity index (χ2v) is 8.00. The number of hydrogen-bond acceptors (Lipinski definition) is 3. The topological polar surface area (TPSA) is 41.5 Å². The minimum Gasteiger partial charge on any atom is -0.456 e. The van der Waals surface area contributed by atoms with Gasteiger partial charge in [0.15, 0.2) is 6.10 Å². The van der Waals surface area contributed by atoms with Crippen LogP contribution in [0.4, 0.5) is 13.2 Å². The molecule has 2 aromatic rings. The molecular weight excluding hydrogens is 426 g/mol. The lowest BCUT2D eigenvalue weighted by Crippen LogP contribution is -2.41. The monoisotopic (exact) mass is 447 g/mol. The molecule has 2 N–H and O–H groups in total. The highest BCUT2D eigenvalue weighted by Gasteiger charge is 2.39. The lowest BCUT2D eigenvalue weighted by molar-refractivity contribution is -0.202. The van der Waals surface area contributed by atoms with E-state index in [0.717, 1.165) is 31.2 Å². The van der Waals surface area contributed by atoms with Gasteiger partial charge in [-0.25, -0.2) is 0 Å². The molecule has 158 valence electrons. The Morgan fingerprint density at radius 2 is 1.79 bits per heavy atom. The van der Waals surface area contributed by atoms with Crippen LogP contribution in [-0.4, -0.2) is 23.9 Å². The maximum Gasteiger partial charge on any atom is 0.415 e. The van der Waals surface area contributed by atoms with Gasteiger partial charge in [0.05, 0.1) is 5.02 Å². The molecular formula is C21H22Cl2F3NO2. The average molecular weight is 448 g/mol. The zero-order chi connectivity index (χ0) is 21.0. The van der Waals surface area contributed by atoms with Crippen LogP contribution in [-0.2, 0) is 0 Å². The summed E-state index contributed by atoms with van der Waals surface area (Å²) in [6, 6.07) is 11.9. The molecule has 0 saturated heterocycles. The summed E-state index contributed by atoms with van der Waals surface area (Å²) >= 11 is 12.2. The highest BCUT2D eigenvalue weighted by Crippen LogP contribution is 2.39. The fourth-order valence-corrected chi connectivity index (χ4v) is 3.99. The summed E-state index contributed by atoms with van der Waals surface area (Å²) in [6.45, 7) is -0.560. The first-order valence-corrected chi connectivity index (χ1v) is 10.2. The maximum absolute atomic E-state index is 12.7. The van der Waals surface area contributed by atoms with Crippen LogP contribution < -0.4 is 10.1 Å². The smallest absolute Gasteiger partial charge is 0.415 e. The molecule has 1 aliphatic carbocycles. The molecule has 1 saturated carbocycles. The van der Waals surface area contributed by atoms with Crippen LogP contribution in [0, 0.1) is 5.92 Å². The fraction of sp³-hybridized carbons (Fsp3) is 0.429. The van der Waals surface area contributed by atoms with E-state index in [1.54, 1.807) is 36.4 Å². The van der Waals surface area contributed by atoms with E-state index in [1.807, 2.05) is 6.07 Å². The number of alkyl halides is 3. The van der Waals surface area contributed by atoms with Crippen LogP contribution in [0.2, 0.25) is 10.0 Å². The Kier molecular flexibility index (Phi) is 7.32. The molecule has 0 amide bonds. The number of rotatable bonds is 7. The van der Waals surface area contributed by atoms with Crippen LogP contribution in [0.1, 0.15) is 37.3 Å². The van der Waals surface area contributed by atoms with Gasteiger partial charge in [-0.1, -0.05) is 54.2 Å². The molecule has 0 radical (unpaired) electrons. The van der Waals surface area contributed by atoms with Crippen LogP contribution in [0.15, 0.2) is 42.5 Å². The molecule has 0 bridgehead atoms. The Bertz CT molecular complexity index is 826. The third kappa shape index (κ3) is 5.79. The zero-order valence-electron chi connectivity index (χ0n) is 15.6. The summed E-state index contributed by atoms with van der Waals surface area (Å²) < 4.78 is 44.0. The van der Waals surface area contributed by atoms with Crippen molar-refractivity contribution in [2.75, 3.05) is 6.54 Å². The van der Waals surface area contributed by atoms with Crippen molar-refractivity contribution in [3.8, 4) is 11.5 Å². The van der Waals surface area contributed by atoms with Gasteiger partial charge in [0, 0.05) is 12.6 Å². The quantitative estimate of drug-likeness (QED) is 0.506. The first kappa shape index (κ1) is 22.2. The van der Waals surface area contributed by atoms with E-state index >= 15 is 0 Å². The largest absolute Gasteiger partial charge is 0.456 e. The van der Waals surface area contributed by atoms with Gasteiger partial charge in [0.1, 0.15) is 16.5 Å². The Balaban J connectivity index is 1.80. The summed E-state index contributed by atoms with van der Waals surface area (Å²) in [7, 11) is 0. The second kappa shape index (κ2) is 9.56. The van der Waals surface area contributed by atoms with Crippen LogP contribution in [0.5, 0.6) is 11.5 Å². The lowest BCUT2D eigenvalue weighted by Gasteiger charge is -2.27. The third-order valence-electron chi connectivity index (χ3n) is 5.14. The number of hydrogen-bond donors (Lipinski definition) is 2. The minimum atomic E-state index is -4.65. The number of aliphatic hydroxyl groups excluding tert-OH is 1. The van der Waals surface area contributed by atoms with Crippen molar-refractivity contribution in [1.82, 2.24) is 5.32 Å². The van der Waals surface area contributed by atoms with E-state index < -0.39 is 18.8 Å². The zero-order valence-corrected chi connectivity index (χ0v) is 17.1. The van der Waals surface area contributed by atoms with Crippen LogP contribution in [0.3, 0.4) is 0 Å². The number of benzene rings is 2. The highest BCUT2D eigenvalue weighted by molar-refractivity contribution is 6.42. The molecule has 2 aromatic carbocycles. The minimum absolute atomic E-state index is 0.195. The maximum atomic E-state index is 12.7. The molecule has 29 heavy (non-hydrogen) atoms. The number of ether oxygens (including phenoxy) is 1. The Morgan fingerprint density at radius 1 is 1.10 bits per heavy atom. The van der Waals surface area contributed by atoms with Crippen molar-refractivity contribution in [3.63, 3.8) is 0 Å². The number of halogens is 5. The van der Waals surface area contributed by atoms with Crippen molar-refractivity contribution >= 4 is 23.2 Å². The first-order chi connectivity index (χ1) is 13.8. The molecule has 1 aliphatic rings.